The summed E-state index contributed by atoms with van der Waals surface area (Å²) in [5, 5.41) is 11.1. The molecule has 0 radical (unpaired) electrons. The highest BCUT2D eigenvalue weighted by Gasteiger charge is 2.13. The zero-order valence-corrected chi connectivity index (χ0v) is 12.6. The molecule has 1 amide bonds. The first-order valence-electron chi connectivity index (χ1n) is 6.44. The lowest BCUT2D eigenvalue weighted by atomic mass is 10.2. The van der Waals surface area contributed by atoms with Crippen LogP contribution in [0.1, 0.15) is 25.7 Å². The molecule has 0 unspecified atom stereocenters. The van der Waals surface area contributed by atoms with Crippen molar-refractivity contribution < 1.29 is 19.4 Å². The number of hydrogen-bond donors (Lipinski definition) is 2. The lowest BCUT2D eigenvalue weighted by Crippen LogP contribution is -2.28. The predicted octanol–water partition coefficient (Wildman–Crippen LogP) is 2.70. The average molecular weight is 275 g/mol. The second kappa shape index (κ2) is 8.96. The Morgan fingerprint density at radius 1 is 1.17 bits per heavy atom. The van der Waals surface area contributed by atoms with Gasteiger partial charge in [0, 0.05) is 21.0 Å². The molecule has 0 saturated carbocycles. The molecule has 0 aliphatic rings. The number of nitrogens with one attached hydrogen (secondary N) is 1. The third-order valence-electron chi connectivity index (χ3n) is 2.42. The smallest absolute Gasteiger partial charge is 0.407 e. The Labute approximate surface area is 110 Å². The number of hydrogen-bond acceptors (Lipinski definition) is 3. The van der Waals surface area contributed by atoms with Crippen LogP contribution in [0.5, 0.6) is 0 Å². The van der Waals surface area contributed by atoms with E-state index >= 15 is 0 Å². The summed E-state index contributed by atoms with van der Waals surface area (Å²) in [5.74, 6) is -0.770. The summed E-state index contributed by atoms with van der Waals surface area (Å²) in [4.78, 5) is 21.5. The molecule has 0 fully saturated rings. The van der Waals surface area contributed by atoms with Crippen molar-refractivity contribution in [3.63, 3.8) is 0 Å². The Hall–Kier alpha value is -1.04. The molecule has 0 heterocycles. The number of amides is 1. The van der Waals surface area contributed by atoms with Crippen molar-refractivity contribution in [1.29, 1.82) is 0 Å². The summed E-state index contributed by atoms with van der Waals surface area (Å²) in [6.07, 6.45) is 2.08. The Balaban J connectivity index is 3.35. The Bertz CT molecular complexity index is 263. The number of aliphatic carboxylic acids is 1. The highest BCUT2D eigenvalue weighted by atomic mass is 28.3. The molecule has 2 N–H and O–H groups in total. The van der Waals surface area contributed by atoms with Gasteiger partial charge in [0.15, 0.2) is 0 Å². The second-order valence-electron chi connectivity index (χ2n) is 5.58. The summed E-state index contributed by atoms with van der Waals surface area (Å²) in [6, 6.07) is 0.971. The van der Waals surface area contributed by atoms with Crippen LogP contribution in [0.25, 0.3) is 0 Å². The molecule has 0 aromatic heterocycles. The molecule has 5 nitrogen and oxygen atoms in total. The number of carbonyl (C=O) groups excluding carboxylic acids is 1. The molecule has 0 saturated heterocycles. The van der Waals surface area contributed by atoms with E-state index in [1.54, 1.807) is 0 Å². The van der Waals surface area contributed by atoms with Gasteiger partial charge in [-0.15, -0.1) is 0 Å². The first-order chi connectivity index (χ1) is 8.31. The van der Waals surface area contributed by atoms with Crippen molar-refractivity contribution in [2.75, 3.05) is 13.2 Å². The third-order valence-corrected chi connectivity index (χ3v) is 4.13. The predicted molar refractivity (Wildman–Crippen MR) is 73.6 cm³/mol. The molecule has 0 aromatic carbocycles. The molecule has 0 aliphatic carbocycles. The first-order valence-corrected chi connectivity index (χ1v) is 10.1. The van der Waals surface area contributed by atoms with Crippen LogP contribution in [-0.4, -0.2) is 38.4 Å². The molecule has 0 aliphatic heterocycles. The summed E-state index contributed by atoms with van der Waals surface area (Å²) in [6.45, 7) is 7.73. The van der Waals surface area contributed by atoms with Gasteiger partial charge in [0.1, 0.15) is 0 Å². The van der Waals surface area contributed by atoms with E-state index in [4.69, 9.17) is 9.84 Å². The fourth-order valence-electron chi connectivity index (χ4n) is 1.27. The van der Waals surface area contributed by atoms with E-state index < -0.39 is 14.0 Å². The third kappa shape index (κ3) is 13.0. The second-order valence-corrected chi connectivity index (χ2v) is 11.2. The number of unbranched alkanes of at least 4 members (excludes halogenated alkanes) is 2. The summed E-state index contributed by atoms with van der Waals surface area (Å²) >= 11 is 0. The van der Waals surface area contributed by atoms with E-state index in [2.05, 4.69) is 25.0 Å². The highest BCUT2D eigenvalue weighted by Crippen LogP contribution is 2.07. The van der Waals surface area contributed by atoms with Crippen molar-refractivity contribution in [2.24, 2.45) is 0 Å². The average Bonchev–Trinajstić information content (AvgIpc) is 2.20. The standard InChI is InChI=1S/C12H25NO4Si/c1-18(2,3)10-9-17-12(16)13-8-6-4-5-7-11(14)15/h4-10H2,1-3H3,(H,13,16)(H,14,15). The van der Waals surface area contributed by atoms with Crippen LogP contribution in [0.4, 0.5) is 4.79 Å². The van der Waals surface area contributed by atoms with E-state index in [0.717, 1.165) is 18.9 Å². The van der Waals surface area contributed by atoms with Gasteiger partial charge in [-0.05, 0) is 18.9 Å². The molecule has 0 bridgehead atoms. The van der Waals surface area contributed by atoms with E-state index in [9.17, 15) is 9.59 Å². The molecule has 6 heteroatoms. The maximum atomic E-state index is 11.3. The van der Waals surface area contributed by atoms with Gasteiger partial charge in [0.2, 0.25) is 0 Å². The van der Waals surface area contributed by atoms with Crippen molar-refractivity contribution in [1.82, 2.24) is 5.32 Å². The zero-order valence-electron chi connectivity index (χ0n) is 11.6. The zero-order chi connectivity index (χ0) is 14.0. The van der Waals surface area contributed by atoms with Crippen LogP contribution < -0.4 is 5.32 Å². The Morgan fingerprint density at radius 3 is 2.39 bits per heavy atom. The van der Waals surface area contributed by atoms with Crippen LogP contribution in [0.2, 0.25) is 25.7 Å². The molecular weight excluding hydrogens is 250 g/mol. The summed E-state index contributed by atoms with van der Waals surface area (Å²) in [5.41, 5.74) is 0. The van der Waals surface area contributed by atoms with Crippen molar-refractivity contribution in [2.45, 2.75) is 51.4 Å². The molecule has 0 atom stereocenters. The van der Waals surface area contributed by atoms with Gasteiger partial charge in [0.25, 0.3) is 0 Å². The Morgan fingerprint density at radius 2 is 1.83 bits per heavy atom. The van der Waals surface area contributed by atoms with Gasteiger partial charge < -0.3 is 15.2 Å². The van der Waals surface area contributed by atoms with E-state index in [0.29, 0.717) is 19.6 Å². The van der Waals surface area contributed by atoms with Gasteiger partial charge in [-0.3, -0.25) is 4.79 Å². The molecular formula is C12H25NO4Si. The van der Waals surface area contributed by atoms with E-state index in [-0.39, 0.29) is 12.5 Å². The SMILES string of the molecule is C[Si](C)(C)CCOC(=O)NCCCCCC(=O)O. The highest BCUT2D eigenvalue weighted by molar-refractivity contribution is 6.76. The normalized spacial score (nSPS) is 11.1. The number of carbonyl (C=O) groups is 2. The molecule has 18 heavy (non-hydrogen) atoms. The minimum Gasteiger partial charge on any atom is -0.481 e. The van der Waals surface area contributed by atoms with Crippen LogP contribution >= 0.6 is 0 Å². The molecule has 0 aromatic rings. The topological polar surface area (TPSA) is 75.6 Å². The maximum absolute atomic E-state index is 11.3. The van der Waals surface area contributed by atoms with Crippen LogP contribution in [0, 0.1) is 0 Å². The number of carboxylic acid groups (broad SMARTS) is 1. The van der Waals surface area contributed by atoms with Crippen molar-refractivity contribution in [3.05, 3.63) is 0 Å². The number of ether oxygens (including phenoxy) is 1. The fourth-order valence-corrected chi connectivity index (χ4v) is 1.98. The van der Waals surface area contributed by atoms with Gasteiger partial charge in [-0.2, -0.15) is 0 Å². The van der Waals surface area contributed by atoms with Crippen LogP contribution in [0.15, 0.2) is 0 Å². The van der Waals surface area contributed by atoms with Gasteiger partial charge in [0.05, 0.1) is 6.61 Å². The van der Waals surface area contributed by atoms with Gasteiger partial charge in [-0.1, -0.05) is 26.1 Å². The summed E-state index contributed by atoms with van der Waals surface area (Å²) in [7, 11) is -1.14. The van der Waals surface area contributed by atoms with E-state index in [1.807, 2.05) is 0 Å². The van der Waals surface area contributed by atoms with Crippen molar-refractivity contribution in [3.8, 4) is 0 Å². The monoisotopic (exact) mass is 275 g/mol. The first kappa shape index (κ1) is 17.0. The number of alkyl carbamates (subject to hydrolysis) is 1. The maximum Gasteiger partial charge on any atom is 0.407 e. The lowest BCUT2D eigenvalue weighted by molar-refractivity contribution is -0.137. The largest absolute Gasteiger partial charge is 0.481 e. The van der Waals surface area contributed by atoms with Gasteiger partial charge >= 0.3 is 12.1 Å². The number of rotatable bonds is 9. The van der Waals surface area contributed by atoms with Crippen LogP contribution in [-0.2, 0) is 9.53 Å². The van der Waals surface area contributed by atoms with Crippen LogP contribution in [0.3, 0.4) is 0 Å². The molecule has 0 spiro atoms. The summed E-state index contributed by atoms with van der Waals surface area (Å²) < 4.78 is 5.05. The minimum atomic E-state index is -1.14. The fraction of sp³-hybridized carbons (Fsp3) is 0.833. The minimum absolute atomic E-state index is 0.195. The molecule has 106 valence electrons. The van der Waals surface area contributed by atoms with Crippen molar-refractivity contribution >= 4 is 20.1 Å². The molecule has 0 rings (SSSR count). The Kier molecular flexibility index (Phi) is 8.44. The van der Waals surface area contributed by atoms with E-state index in [1.165, 1.54) is 0 Å². The number of carboxylic acids is 1. The lowest BCUT2D eigenvalue weighted by Gasteiger charge is -2.15. The van der Waals surface area contributed by atoms with Gasteiger partial charge in [-0.25, -0.2) is 4.79 Å². The quantitative estimate of drug-likeness (QED) is 0.501.